The number of H-pyrrole nitrogens is 1. The molecule has 0 bridgehead atoms. The molecule has 0 aliphatic heterocycles. The number of imidazole rings is 1. The van der Waals surface area contributed by atoms with E-state index in [9.17, 15) is 9.18 Å². The number of hydrogen-bond acceptors (Lipinski definition) is 5. The average Bonchev–Trinajstić information content (AvgIpc) is 3.28. The number of halogens is 1. The van der Waals surface area contributed by atoms with Crippen LogP contribution in [-0.2, 0) is 4.79 Å². The first-order valence-corrected chi connectivity index (χ1v) is 11.5. The highest BCUT2D eigenvalue weighted by Crippen LogP contribution is 2.36. The summed E-state index contributed by atoms with van der Waals surface area (Å²) in [6, 6.07) is 19.3. The van der Waals surface area contributed by atoms with Gasteiger partial charge in [0.15, 0.2) is 11.5 Å². The highest BCUT2D eigenvalue weighted by molar-refractivity contribution is 8.00. The maximum atomic E-state index is 13.1. The minimum Gasteiger partial charge on any atom is -0.493 e. The van der Waals surface area contributed by atoms with Crippen molar-refractivity contribution in [2.45, 2.75) is 11.9 Å². The Kier molecular flexibility index (Phi) is 7.18. The molecule has 8 heteroatoms. The van der Waals surface area contributed by atoms with Crippen LogP contribution in [-0.4, -0.2) is 35.8 Å². The van der Waals surface area contributed by atoms with Crippen LogP contribution < -0.4 is 14.8 Å². The Morgan fingerprint density at radius 1 is 0.971 bits per heavy atom. The second kappa shape index (κ2) is 10.4. The van der Waals surface area contributed by atoms with Gasteiger partial charge >= 0.3 is 0 Å². The Morgan fingerprint density at radius 2 is 1.65 bits per heavy atom. The molecule has 174 valence electrons. The molecule has 0 aliphatic carbocycles. The van der Waals surface area contributed by atoms with Gasteiger partial charge in [0, 0.05) is 16.8 Å². The van der Waals surface area contributed by atoms with Gasteiger partial charge in [-0.1, -0.05) is 41.6 Å². The van der Waals surface area contributed by atoms with Gasteiger partial charge < -0.3 is 19.8 Å². The molecule has 0 atom stereocenters. The number of carbonyl (C=O) groups is 1. The molecule has 1 aromatic heterocycles. The number of rotatable bonds is 8. The fraction of sp³-hybridized carbons (Fsp3) is 0.154. The van der Waals surface area contributed by atoms with E-state index in [1.54, 1.807) is 14.2 Å². The summed E-state index contributed by atoms with van der Waals surface area (Å²) in [5.41, 5.74) is 4.30. The van der Waals surface area contributed by atoms with E-state index >= 15 is 0 Å². The largest absolute Gasteiger partial charge is 0.493 e. The SMILES string of the molecule is COc1ccc(-c2nc(SCC(=O)Nc3ccc(F)cc3)c(-c3ccc(C)cc3)[nH]2)cc1OC. The zero-order valence-corrected chi connectivity index (χ0v) is 19.8. The van der Waals surface area contributed by atoms with Crippen molar-refractivity contribution in [3.63, 3.8) is 0 Å². The number of thioether (sulfide) groups is 1. The molecule has 0 saturated heterocycles. The van der Waals surface area contributed by atoms with Gasteiger partial charge in [-0.05, 0) is 49.4 Å². The number of nitrogens with one attached hydrogen (secondary N) is 2. The lowest BCUT2D eigenvalue weighted by Crippen LogP contribution is -2.14. The third kappa shape index (κ3) is 5.40. The van der Waals surface area contributed by atoms with Crippen molar-refractivity contribution in [1.82, 2.24) is 9.97 Å². The lowest BCUT2D eigenvalue weighted by molar-refractivity contribution is -0.113. The van der Waals surface area contributed by atoms with E-state index in [1.165, 1.54) is 36.0 Å². The molecule has 0 unspecified atom stereocenters. The van der Waals surface area contributed by atoms with Crippen LogP contribution in [0.15, 0.2) is 71.8 Å². The summed E-state index contributed by atoms with van der Waals surface area (Å²) in [7, 11) is 3.17. The molecule has 34 heavy (non-hydrogen) atoms. The fourth-order valence-electron chi connectivity index (χ4n) is 3.36. The van der Waals surface area contributed by atoms with E-state index in [4.69, 9.17) is 14.5 Å². The van der Waals surface area contributed by atoms with Gasteiger partial charge in [-0.15, -0.1) is 0 Å². The van der Waals surface area contributed by atoms with Crippen LogP contribution in [0.2, 0.25) is 0 Å². The third-order valence-corrected chi connectivity index (χ3v) is 6.11. The Balaban J connectivity index is 1.61. The Bertz CT molecular complexity index is 1290. The van der Waals surface area contributed by atoms with Crippen molar-refractivity contribution in [1.29, 1.82) is 0 Å². The summed E-state index contributed by atoms with van der Waals surface area (Å²) in [5.74, 6) is 1.46. The number of anilines is 1. The maximum Gasteiger partial charge on any atom is 0.234 e. The van der Waals surface area contributed by atoms with Crippen molar-refractivity contribution in [2.75, 3.05) is 25.3 Å². The molecule has 0 aliphatic rings. The smallest absolute Gasteiger partial charge is 0.234 e. The van der Waals surface area contributed by atoms with E-state index in [1.807, 2.05) is 49.4 Å². The van der Waals surface area contributed by atoms with Gasteiger partial charge in [-0.25, -0.2) is 9.37 Å². The summed E-state index contributed by atoms with van der Waals surface area (Å²) in [4.78, 5) is 20.7. The molecule has 3 aromatic carbocycles. The summed E-state index contributed by atoms with van der Waals surface area (Å²) >= 11 is 1.33. The van der Waals surface area contributed by atoms with E-state index in [0.29, 0.717) is 28.0 Å². The monoisotopic (exact) mass is 477 g/mol. The first-order chi connectivity index (χ1) is 16.5. The zero-order chi connectivity index (χ0) is 24.1. The second-order valence-corrected chi connectivity index (χ2v) is 8.51. The number of amides is 1. The number of aryl methyl sites for hydroxylation is 1. The summed E-state index contributed by atoms with van der Waals surface area (Å²) < 4.78 is 23.9. The number of ether oxygens (including phenoxy) is 2. The highest BCUT2D eigenvalue weighted by atomic mass is 32.2. The van der Waals surface area contributed by atoms with E-state index in [2.05, 4.69) is 10.3 Å². The maximum absolute atomic E-state index is 13.1. The minimum atomic E-state index is -0.352. The number of aromatic amines is 1. The van der Waals surface area contributed by atoms with Crippen LogP contribution in [0.4, 0.5) is 10.1 Å². The van der Waals surface area contributed by atoms with Gasteiger partial charge in [0.2, 0.25) is 5.91 Å². The first-order valence-electron chi connectivity index (χ1n) is 10.5. The molecule has 1 heterocycles. The predicted molar refractivity (Wildman–Crippen MR) is 133 cm³/mol. The van der Waals surface area contributed by atoms with Crippen molar-refractivity contribution >= 4 is 23.4 Å². The molecule has 0 radical (unpaired) electrons. The minimum absolute atomic E-state index is 0.145. The predicted octanol–water partition coefficient (Wildman–Crippen LogP) is 5.94. The topological polar surface area (TPSA) is 76.2 Å². The van der Waals surface area contributed by atoms with Crippen molar-refractivity contribution in [3.8, 4) is 34.1 Å². The molecule has 2 N–H and O–H groups in total. The summed E-state index contributed by atoms with van der Waals surface area (Å²) in [6.07, 6.45) is 0. The highest BCUT2D eigenvalue weighted by Gasteiger charge is 2.17. The molecule has 4 rings (SSSR count). The Labute approximate surface area is 201 Å². The Hall–Kier alpha value is -3.78. The van der Waals surface area contributed by atoms with Gasteiger partial charge in [0.1, 0.15) is 16.7 Å². The number of methoxy groups -OCH3 is 2. The lowest BCUT2D eigenvalue weighted by Gasteiger charge is -2.08. The van der Waals surface area contributed by atoms with Crippen LogP contribution in [0.5, 0.6) is 11.5 Å². The number of nitrogens with zero attached hydrogens (tertiary/aromatic N) is 1. The Morgan fingerprint density at radius 3 is 2.32 bits per heavy atom. The molecular weight excluding hydrogens is 453 g/mol. The number of benzene rings is 3. The van der Waals surface area contributed by atoms with Crippen molar-refractivity contribution in [3.05, 3.63) is 78.1 Å². The normalized spacial score (nSPS) is 10.7. The van der Waals surface area contributed by atoms with Crippen LogP contribution in [0.3, 0.4) is 0 Å². The molecule has 4 aromatic rings. The van der Waals surface area contributed by atoms with Gasteiger partial charge in [0.25, 0.3) is 0 Å². The van der Waals surface area contributed by atoms with Gasteiger partial charge in [0.05, 0.1) is 25.7 Å². The van der Waals surface area contributed by atoms with Crippen LogP contribution in [0, 0.1) is 12.7 Å². The van der Waals surface area contributed by atoms with E-state index < -0.39 is 0 Å². The van der Waals surface area contributed by atoms with Crippen LogP contribution in [0.1, 0.15) is 5.56 Å². The second-order valence-electron chi connectivity index (χ2n) is 7.55. The summed E-state index contributed by atoms with van der Waals surface area (Å²) in [6.45, 7) is 2.03. The van der Waals surface area contributed by atoms with Crippen molar-refractivity contribution < 1.29 is 18.7 Å². The average molecular weight is 478 g/mol. The number of carbonyl (C=O) groups excluding carboxylic acids is 1. The standard InChI is InChI=1S/C26H24FN3O3S/c1-16-4-6-17(7-5-16)24-26(34-15-23(31)28-20-11-9-19(27)10-12-20)30-25(29-24)18-8-13-21(32-2)22(14-18)33-3/h4-14H,15H2,1-3H3,(H,28,31)(H,29,30). The molecule has 0 spiro atoms. The molecule has 0 fully saturated rings. The molecular formula is C26H24FN3O3S. The van der Waals surface area contributed by atoms with Crippen LogP contribution >= 0.6 is 11.8 Å². The number of aromatic nitrogens is 2. The van der Waals surface area contributed by atoms with E-state index in [-0.39, 0.29) is 17.5 Å². The fourth-order valence-corrected chi connectivity index (χ4v) is 4.17. The van der Waals surface area contributed by atoms with Crippen LogP contribution in [0.25, 0.3) is 22.6 Å². The summed E-state index contributed by atoms with van der Waals surface area (Å²) in [5, 5.41) is 3.47. The molecule has 0 saturated carbocycles. The molecule has 1 amide bonds. The quantitative estimate of drug-likeness (QED) is 0.307. The first kappa shape index (κ1) is 23.4. The zero-order valence-electron chi connectivity index (χ0n) is 19.0. The number of hydrogen-bond donors (Lipinski definition) is 2. The van der Waals surface area contributed by atoms with Gasteiger partial charge in [-0.2, -0.15) is 0 Å². The lowest BCUT2D eigenvalue weighted by atomic mass is 10.1. The van der Waals surface area contributed by atoms with Crippen molar-refractivity contribution in [2.24, 2.45) is 0 Å². The van der Waals surface area contributed by atoms with Gasteiger partial charge in [-0.3, -0.25) is 4.79 Å². The van der Waals surface area contributed by atoms with E-state index in [0.717, 1.165) is 22.4 Å². The molecule has 6 nitrogen and oxygen atoms in total. The third-order valence-electron chi connectivity index (χ3n) is 5.14.